The van der Waals surface area contributed by atoms with E-state index in [1.165, 1.54) is 65.7 Å². The average Bonchev–Trinajstić information content (AvgIpc) is 3.79. The van der Waals surface area contributed by atoms with Gasteiger partial charge in [-0.1, -0.05) is 152 Å². The molecule has 0 saturated carbocycles. The molecule has 0 radical (unpaired) electrons. The fourth-order valence-corrected chi connectivity index (χ4v) is 9.18. The summed E-state index contributed by atoms with van der Waals surface area (Å²) in [6.45, 7) is 0. The van der Waals surface area contributed by atoms with Crippen molar-refractivity contribution in [3.8, 4) is 33.4 Å². The highest BCUT2D eigenvalue weighted by Crippen LogP contribution is 2.49. The molecule has 12 rings (SSSR count). The summed E-state index contributed by atoms with van der Waals surface area (Å²) >= 11 is 0. The zero-order chi connectivity index (χ0) is 35.3. The van der Waals surface area contributed by atoms with Crippen molar-refractivity contribution in [2.24, 2.45) is 0 Å². The highest BCUT2D eigenvalue weighted by molar-refractivity contribution is 6.28. The van der Waals surface area contributed by atoms with Crippen molar-refractivity contribution >= 4 is 87.0 Å². The fraction of sp³-hybridized carbons (Fsp3) is 0. The van der Waals surface area contributed by atoms with Crippen LogP contribution >= 0.6 is 0 Å². The summed E-state index contributed by atoms with van der Waals surface area (Å²) in [6.07, 6.45) is 0. The van der Waals surface area contributed by atoms with Gasteiger partial charge in [0.1, 0.15) is 22.3 Å². The first kappa shape index (κ1) is 29.4. The Morgan fingerprint density at radius 3 is 1.20 bits per heavy atom. The molecule has 0 bridgehead atoms. The van der Waals surface area contributed by atoms with Crippen LogP contribution in [0.3, 0.4) is 0 Å². The van der Waals surface area contributed by atoms with E-state index < -0.39 is 0 Å². The van der Waals surface area contributed by atoms with E-state index in [0.717, 1.165) is 54.6 Å². The maximum Gasteiger partial charge on any atom is 0.136 e. The zero-order valence-electron chi connectivity index (χ0n) is 29.1. The Morgan fingerprint density at radius 2 is 0.685 bits per heavy atom. The fourth-order valence-electron chi connectivity index (χ4n) is 9.18. The summed E-state index contributed by atoms with van der Waals surface area (Å²) in [5, 5.41) is 14.1. The number of fused-ring (bicyclic) bond motifs is 10. The minimum absolute atomic E-state index is 0.898. The van der Waals surface area contributed by atoms with Crippen molar-refractivity contribution in [3.05, 3.63) is 182 Å². The van der Waals surface area contributed by atoms with Crippen LogP contribution in [0.4, 0.5) is 0 Å². The van der Waals surface area contributed by atoms with Crippen LogP contribution in [0, 0.1) is 0 Å². The lowest BCUT2D eigenvalue weighted by molar-refractivity contribution is 0.669. The highest BCUT2D eigenvalue weighted by Gasteiger charge is 2.23. The van der Waals surface area contributed by atoms with Crippen molar-refractivity contribution < 1.29 is 8.83 Å². The molecule has 0 fully saturated rings. The van der Waals surface area contributed by atoms with E-state index in [0.29, 0.717) is 0 Å². The van der Waals surface area contributed by atoms with Gasteiger partial charge in [-0.05, 0) is 95.7 Å². The monoisotopic (exact) mass is 686 g/mol. The second-order valence-corrected chi connectivity index (χ2v) is 14.3. The van der Waals surface area contributed by atoms with Crippen molar-refractivity contribution in [3.63, 3.8) is 0 Å². The molecule has 0 amide bonds. The summed E-state index contributed by atoms with van der Waals surface area (Å²) < 4.78 is 13.2. The normalized spacial score (nSPS) is 12.1. The average molecular weight is 687 g/mol. The van der Waals surface area contributed by atoms with E-state index in [-0.39, 0.29) is 0 Å². The number of hydrogen-bond donors (Lipinski definition) is 0. The lowest BCUT2D eigenvalue weighted by atomic mass is 9.83. The third-order valence-electron chi connectivity index (χ3n) is 11.4. The zero-order valence-corrected chi connectivity index (χ0v) is 29.1. The van der Waals surface area contributed by atoms with Gasteiger partial charge in [0.2, 0.25) is 0 Å². The maximum atomic E-state index is 6.58. The van der Waals surface area contributed by atoms with Gasteiger partial charge in [-0.3, -0.25) is 0 Å². The summed E-state index contributed by atoms with van der Waals surface area (Å²) in [7, 11) is 0. The molecule has 2 heterocycles. The Morgan fingerprint density at radius 1 is 0.259 bits per heavy atom. The van der Waals surface area contributed by atoms with Crippen LogP contribution in [0.5, 0.6) is 0 Å². The molecule has 0 atom stereocenters. The lowest BCUT2D eigenvalue weighted by Gasteiger charge is -2.19. The summed E-state index contributed by atoms with van der Waals surface area (Å²) in [5.74, 6) is 0. The Hall–Kier alpha value is -7.16. The quantitative estimate of drug-likeness (QED) is 0.173. The molecule has 250 valence electrons. The lowest BCUT2D eigenvalue weighted by Crippen LogP contribution is -1.92. The molecule has 0 unspecified atom stereocenters. The molecule has 54 heavy (non-hydrogen) atoms. The van der Waals surface area contributed by atoms with Crippen molar-refractivity contribution in [1.29, 1.82) is 0 Å². The number of para-hydroxylation sites is 2. The van der Waals surface area contributed by atoms with Gasteiger partial charge in [0, 0.05) is 32.7 Å². The van der Waals surface area contributed by atoms with Crippen LogP contribution in [-0.4, -0.2) is 0 Å². The van der Waals surface area contributed by atoms with Crippen molar-refractivity contribution in [2.75, 3.05) is 0 Å². The molecule has 0 aliphatic carbocycles. The minimum Gasteiger partial charge on any atom is -0.456 e. The van der Waals surface area contributed by atoms with E-state index in [9.17, 15) is 0 Å². The van der Waals surface area contributed by atoms with Gasteiger partial charge in [-0.2, -0.15) is 0 Å². The summed E-state index contributed by atoms with van der Waals surface area (Å²) in [6, 6.07) is 65.6. The predicted octanol–water partition coefficient (Wildman–Crippen LogP) is 15.1. The Labute approximate surface area is 310 Å². The highest BCUT2D eigenvalue weighted by atomic mass is 16.3. The first-order chi connectivity index (χ1) is 26.8. The summed E-state index contributed by atoms with van der Waals surface area (Å²) in [4.78, 5) is 0. The number of rotatable bonds is 3. The Balaban J connectivity index is 1.30. The van der Waals surface area contributed by atoms with E-state index >= 15 is 0 Å². The number of furan rings is 2. The smallest absolute Gasteiger partial charge is 0.136 e. The first-order valence-corrected chi connectivity index (χ1v) is 18.5. The Kier molecular flexibility index (Phi) is 6.09. The van der Waals surface area contributed by atoms with Crippen molar-refractivity contribution in [1.82, 2.24) is 0 Å². The molecular formula is C52H30O2. The molecular weight excluding hydrogens is 657 g/mol. The SMILES string of the molecule is c1ccc(-c2c3cccc(-c4c5ccccc5cc5oc6ccccc6c45)c3cc3c(-c4c5ccccc5cc5oc6ccccc6c45)cccc23)cc1. The molecule has 0 N–H and O–H groups in total. The number of benzene rings is 10. The molecule has 0 aliphatic rings. The second kappa shape index (κ2) is 11.2. The number of hydrogen-bond acceptors (Lipinski definition) is 2. The van der Waals surface area contributed by atoms with Gasteiger partial charge >= 0.3 is 0 Å². The first-order valence-electron chi connectivity index (χ1n) is 18.5. The van der Waals surface area contributed by atoms with Crippen LogP contribution < -0.4 is 0 Å². The van der Waals surface area contributed by atoms with Crippen LogP contribution in [-0.2, 0) is 0 Å². The van der Waals surface area contributed by atoms with Crippen LogP contribution in [0.2, 0.25) is 0 Å². The molecule has 12 aromatic rings. The molecule has 0 saturated heterocycles. The third kappa shape index (κ3) is 4.11. The second-order valence-electron chi connectivity index (χ2n) is 14.3. The third-order valence-corrected chi connectivity index (χ3v) is 11.4. The largest absolute Gasteiger partial charge is 0.456 e. The molecule has 2 aromatic heterocycles. The van der Waals surface area contributed by atoms with E-state index in [2.05, 4.69) is 182 Å². The van der Waals surface area contributed by atoms with E-state index in [4.69, 9.17) is 8.83 Å². The molecule has 0 spiro atoms. The van der Waals surface area contributed by atoms with Gasteiger partial charge in [0.15, 0.2) is 0 Å². The van der Waals surface area contributed by atoms with Crippen LogP contribution in [0.25, 0.3) is 120 Å². The van der Waals surface area contributed by atoms with Gasteiger partial charge in [0.25, 0.3) is 0 Å². The topological polar surface area (TPSA) is 26.3 Å². The molecule has 10 aromatic carbocycles. The van der Waals surface area contributed by atoms with E-state index in [1.54, 1.807) is 0 Å². The standard InChI is InChI=1S/C52H30O2/c1-2-14-31(15-3-1)48-36-22-12-24-38(49-34-18-6-4-16-32(34)28-46-51(49)40-20-8-10-26-44(40)53-46)42(36)30-43-37(48)23-13-25-39(43)50-35-19-7-5-17-33(35)29-47-52(50)41-21-9-11-27-45(41)54-47/h1-30H. The van der Waals surface area contributed by atoms with Crippen LogP contribution in [0.15, 0.2) is 191 Å². The Bertz CT molecular complexity index is 3280. The van der Waals surface area contributed by atoms with Gasteiger partial charge < -0.3 is 8.83 Å². The molecule has 2 nitrogen and oxygen atoms in total. The van der Waals surface area contributed by atoms with Gasteiger partial charge in [-0.25, -0.2) is 0 Å². The van der Waals surface area contributed by atoms with Crippen LogP contribution in [0.1, 0.15) is 0 Å². The van der Waals surface area contributed by atoms with Gasteiger partial charge in [0.05, 0.1) is 0 Å². The van der Waals surface area contributed by atoms with E-state index in [1.807, 2.05) is 0 Å². The predicted molar refractivity (Wildman–Crippen MR) is 227 cm³/mol. The molecule has 2 heteroatoms. The minimum atomic E-state index is 0.898. The molecule has 0 aliphatic heterocycles. The van der Waals surface area contributed by atoms with Crippen molar-refractivity contribution in [2.45, 2.75) is 0 Å². The van der Waals surface area contributed by atoms with Gasteiger partial charge in [-0.15, -0.1) is 0 Å². The summed E-state index contributed by atoms with van der Waals surface area (Å²) in [5.41, 5.74) is 10.8. The maximum absolute atomic E-state index is 6.58.